The number of imidazole rings is 1. The summed E-state index contributed by atoms with van der Waals surface area (Å²) in [5, 5.41) is 14.8. The van der Waals surface area contributed by atoms with Crippen LogP contribution in [0.4, 0.5) is 0 Å². The molecule has 0 saturated carbocycles. The predicted molar refractivity (Wildman–Crippen MR) is 155 cm³/mol. The van der Waals surface area contributed by atoms with E-state index in [-0.39, 0.29) is 36.8 Å². The molecule has 4 aromatic rings. The first-order valence-electron chi connectivity index (χ1n) is 12.9. The SMILES string of the molecule is CCCc1nc(C)c2c(=O)[nH]c(-c3cc(S(=O)(=O)N(CCCO)Cc4ccc(Cl)cc4Cl)ccc3OCC)nn12. The lowest BCUT2D eigenvalue weighted by Crippen LogP contribution is -2.32. The van der Waals surface area contributed by atoms with Crippen LogP contribution in [-0.2, 0) is 23.0 Å². The second kappa shape index (κ2) is 12.7. The van der Waals surface area contributed by atoms with E-state index in [4.69, 9.17) is 27.9 Å². The Kier molecular flexibility index (Phi) is 9.52. The summed E-state index contributed by atoms with van der Waals surface area (Å²) in [7, 11) is -4.09. The standard InChI is InChI=1S/C27H31Cl2N5O5S/c1-4-7-24-30-17(3)25-27(36)31-26(32-34(24)25)21-15-20(10-11-23(21)39-5-2)40(37,38)33(12-6-13-35)16-18-8-9-19(28)14-22(18)29/h8-11,14-15,35H,4-7,12-13,16H2,1-3H3,(H,31,32,36). The molecule has 0 amide bonds. The molecule has 0 spiro atoms. The van der Waals surface area contributed by atoms with E-state index in [2.05, 4.69) is 15.1 Å². The topological polar surface area (TPSA) is 130 Å². The van der Waals surface area contributed by atoms with Crippen molar-refractivity contribution in [3.63, 3.8) is 0 Å². The zero-order valence-corrected chi connectivity index (χ0v) is 24.8. The Morgan fingerprint density at radius 1 is 1.15 bits per heavy atom. The predicted octanol–water partition coefficient (Wildman–Crippen LogP) is 4.62. The number of hydrogen-bond donors (Lipinski definition) is 2. The number of nitrogens with zero attached hydrogens (tertiary/aromatic N) is 4. The van der Waals surface area contributed by atoms with Gasteiger partial charge in [0.2, 0.25) is 10.0 Å². The van der Waals surface area contributed by atoms with Crippen LogP contribution in [-0.4, -0.2) is 57.2 Å². The molecule has 0 aliphatic rings. The Morgan fingerprint density at radius 2 is 1.93 bits per heavy atom. The first-order valence-corrected chi connectivity index (χ1v) is 15.1. The van der Waals surface area contributed by atoms with Crippen molar-refractivity contribution in [2.45, 2.75) is 51.5 Å². The summed E-state index contributed by atoms with van der Waals surface area (Å²) in [6.07, 6.45) is 1.65. The van der Waals surface area contributed by atoms with Crippen molar-refractivity contribution in [1.82, 2.24) is 23.9 Å². The lowest BCUT2D eigenvalue weighted by atomic mass is 10.2. The first-order chi connectivity index (χ1) is 19.1. The van der Waals surface area contributed by atoms with Crippen LogP contribution in [0.5, 0.6) is 5.75 Å². The number of aliphatic hydroxyl groups is 1. The van der Waals surface area contributed by atoms with E-state index in [1.54, 1.807) is 38.1 Å². The number of aryl methyl sites for hydroxylation is 2. The van der Waals surface area contributed by atoms with E-state index in [1.807, 2.05) is 6.92 Å². The number of sulfonamides is 1. The number of H-pyrrole nitrogens is 1. The summed E-state index contributed by atoms with van der Waals surface area (Å²) >= 11 is 12.4. The van der Waals surface area contributed by atoms with Crippen molar-refractivity contribution >= 4 is 38.7 Å². The molecule has 2 N–H and O–H groups in total. The molecule has 0 atom stereocenters. The van der Waals surface area contributed by atoms with Gasteiger partial charge in [-0.25, -0.2) is 17.9 Å². The number of benzene rings is 2. The van der Waals surface area contributed by atoms with Crippen LogP contribution in [0.3, 0.4) is 0 Å². The van der Waals surface area contributed by atoms with Crippen LogP contribution >= 0.6 is 23.2 Å². The van der Waals surface area contributed by atoms with E-state index >= 15 is 0 Å². The second-order valence-corrected chi connectivity index (χ2v) is 12.0. The van der Waals surface area contributed by atoms with Crippen LogP contribution in [0.2, 0.25) is 10.0 Å². The van der Waals surface area contributed by atoms with Crippen LogP contribution in [0.1, 0.15) is 43.8 Å². The first kappa shape index (κ1) is 30.0. The van der Waals surface area contributed by atoms with Crippen LogP contribution in [0.25, 0.3) is 16.9 Å². The molecule has 0 radical (unpaired) electrons. The normalized spacial score (nSPS) is 12.0. The lowest BCUT2D eigenvalue weighted by Gasteiger charge is -2.23. The van der Waals surface area contributed by atoms with E-state index < -0.39 is 15.6 Å². The maximum atomic E-state index is 13.9. The number of aromatic amines is 1. The summed E-state index contributed by atoms with van der Waals surface area (Å²) in [5.41, 5.74) is 1.38. The summed E-state index contributed by atoms with van der Waals surface area (Å²) in [5.74, 6) is 1.15. The van der Waals surface area contributed by atoms with Gasteiger partial charge in [-0.05, 0) is 62.6 Å². The van der Waals surface area contributed by atoms with E-state index in [1.165, 1.54) is 21.0 Å². The lowest BCUT2D eigenvalue weighted by molar-refractivity contribution is 0.267. The Hall–Kier alpha value is -2.96. The highest BCUT2D eigenvalue weighted by Gasteiger charge is 2.27. The third-order valence-electron chi connectivity index (χ3n) is 6.29. The van der Waals surface area contributed by atoms with E-state index in [0.717, 1.165) is 6.42 Å². The molecule has 0 unspecified atom stereocenters. The molecule has 2 heterocycles. The molecular formula is C27H31Cl2N5O5S. The molecule has 13 heteroatoms. The maximum Gasteiger partial charge on any atom is 0.277 e. The van der Waals surface area contributed by atoms with Crippen LogP contribution in [0, 0.1) is 6.92 Å². The molecule has 40 heavy (non-hydrogen) atoms. The highest BCUT2D eigenvalue weighted by atomic mass is 35.5. The summed E-state index contributed by atoms with van der Waals surface area (Å²) < 4.78 is 36.4. The number of aromatic nitrogens is 4. The van der Waals surface area contributed by atoms with Gasteiger partial charge >= 0.3 is 0 Å². The third kappa shape index (κ3) is 6.18. The molecule has 0 bridgehead atoms. The second-order valence-electron chi connectivity index (χ2n) is 9.17. The number of halogens is 2. The molecule has 214 valence electrons. The Morgan fingerprint density at radius 3 is 2.60 bits per heavy atom. The van der Waals surface area contributed by atoms with Gasteiger partial charge in [-0.15, -0.1) is 5.10 Å². The summed E-state index contributed by atoms with van der Waals surface area (Å²) in [4.78, 5) is 20.3. The molecule has 0 saturated heterocycles. The Balaban J connectivity index is 1.84. The molecule has 0 aliphatic carbocycles. The molecule has 4 rings (SSSR count). The Bertz CT molecular complexity index is 1690. The van der Waals surface area contributed by atoms with Gasteiger partial charge in [-0.3, -0.25) is 4.79 Å². The van der Waals surface area contributed by atoms with Gasteiger partial charge in [0.05, 0.1) is 22.8 Å². The van der Waals surface area contributed by atoms with Crippen LogP contribution < -0.4 is 10.3 Å². The quantitative estimate of drug-likeness (QED) is 0.240. The van der Waals surface area contributed by atoms with E-state index in [9.17, 15) is 18.3 Å². The Labute approximate surface area is 242 Å². The number of aliphatic hydroxyl groups excluding tert-OH is 1. The van der Waals surface area contributed by atoms with Gasteiger partial charge in [-0.2, -0.15) is 4.31 Å². The monoisotopic (exact) mass is 607 g/mol. The molecule has 0 aliphatic heterocycles. The summed E-state index contributed by atoms with van der Waals surface area (Å²) in [6.45, 7) is 5.70. The molecule has 10 nitrogen and oxygen atoms in total. The fourth-order valence-corrected chi connectivity index (χ4v) is 6.35. The van der Waals surface area contributed by atoms with Crippen molar-refractivity contribution in [3.05, 3.63) is 73.9 Å². The third-order valence-corrected chi connectivity index (χ3v) is 8.72. The minimum Gasteiger partial charge on any atom is -0.493 e. The van der Waals surface area contributed by atoms with Gasteiger partial charge in [0.1, 0.15) is 11.6 Å². The van der Waals surface area contributed by atoms with Gasteiger partial charge < -0.3 is 14.8 Å². The summed E-state index contributed by atoms with van der Waals surface area (Å²) in [6, 6.07) is 9.27. The van der Waals surface area contributed by atoms with Crippen molar-refractivity contribution in [2.75, 3.05) is 19.8 Å². The molecule has 2 aromatic heterocycles. The fraction of sp³-hybridized carbons (Fsp3) is 0.370. The van der Waals surface area contributed by atoms with Gasteiger partial charge in [0.25, 0.3) is 5.56 Å². The number of nitrogens with one attached hydrogen (secondary N) is 1. The zero-order chi connectivity index (χ0) is 29.0. The number of ether oxygens (including phenoxy) is 1. The number of fused-ring (bicyclic) bond motifs is 1. The highest BCUT2D eigenvalue weighted by Crippen LogP contribution is 2.32. The highest BCUT2D eigenvalue weighted by molar-refractivity contribution is 7.89. The average molecular weight is 609 g/mol. The van der Waals surface area contributed by atoms with Crippen molar-refractivity contribution < 1.29 is 18.3 Å². The van der Waals surface area contributed by atoms with Gasteiger partial charge in [-0.1, -0.05) is 36.2 Å². The molecule has 0 fully saturated rings. The molecule has 2 aromatic carbocycles. The van der Waals surface area contributed by atoms with Crippen LogP contribution in [0.15, 0.2) is 46.1 Å². The largest absolute Gasteiger partial charge is 0.493 e. The van der Waals surface area contributed by atoms with Gasteiger partial charge in [0.15, 0.2) is 11.3 Å². The number of rotatable bonds is 12. The van der Waals surface area contributed by atoms with Crippen molar-refractivity contribution in [1.29, 1.82) is 0 Å². The smallest absolute Gasteiger partial charge is 0.277 e. The van der Waals surface area contributed by atoms with Crippen molar-refractivity contribution in [2.24, 2.45) is 0 Å². The fourth-order valence-electron chi connectivity index (χ4n) is 4.40. The maximum absolute atomic E-state index is 13.9. The van der Waals surface area contributed by atoms with Gasteiger partial charge in [0, 0.05) is 36.2 Å². The number of hydrogen-bond acceptors (Lipinski definition) is 7. The zero-order valence-electron chi connectivity index (χ0n) is 22.4. The minimum atomic E-state index is -4.09. The van der Waals surface area contributed by atoms with E-state index in [0.29, 0.717) is 57.0 Å². The molecular weight excluding hydrogens is 577 g/mol. The average Bonchev–Trinajstić information content (AvgIpc) is 3.23. The minimum absolute atomic E-state index is 0.0311. The van der Waals surface area contributed by atoms with Crippen molar-refractivity contribution in [3.8, 4) is 17.1 Å².